The number of hydrogen-bond acceptors (Lipinski definition) is 3. The third-order valence-corrected chi connectivity index (χ3v) is 8.49. The van der Waals surface area contributed by atoms with Gasteiger partial charge in [0.15, 0.2) is 0 Å². The average molecular weight is 546 g/mol. The van der Waals surface area contributed by atoms with Crippen molar-refractivity contribution in [1.82, 2.24) is 4.98 Å². The number of pyridine rings is 1. The van der Waals surface area contributed by atoms with Crippen LogP contribution in [0.5, 0.6) is 0 Å². The van der Waals surface area contributed by atoms with Gasteiger partial charge in [0, 0.05) is 35.9 Å². The summed E-state index contributed by atoms with van der Waals surface area (Å²) in [6.45, 7) is 0.755. The molecule has 3 unspecified atom stereocenters. The highest BCUT2D eigenvalue weighted by Crippen LogP contribution is 2.35. The molecule has 4 aliphatic rings. The fourth-order valence-corrected chi connectivity index (χ4v) is 6.15. The predicted octanol–water partition coefficient (Wildman–Crippen LogP) is 9.30. The van der Waals surface area contributed by atoms with Gasteiger partial charge in [-0.1, -0.05) is 85.0 Å². The largest absolute Gasteiger partial charge is 0.285 e. The van der Waals surface area contributed by atoms with Crippen LogP contribution in [-0.4, -0.2) is 23.5 Å². The molecule has 2 aliphatic carbocycles. The highest BCUT2D eigenvalue weighted by atomic mass is 14.8. The Bertz CT molecular complexity index is 1710. The highest BCUT2D eigenvalue weighted by Gasteiger charge is 2.20. The van der Waals surface area contributed by atoms with Crippen molar-refractivity contribution in [3.05, 3.63) is 156 Å². The number of nitrogens with zero attached hydrogens (tertiary/aromatic N) is 3. The first-order valence-electron chi connectivity index (χ1n) is 15.1. The van der Waals surface area contributed by atoms with Crippen molar-refractivity contribution in [3.8, 4) is 11.1 Å². The van der Waals surface area contributed by atoms with Gasteiger partial charge >= 0.3 is 0 Å². The van der Waals surface area contributed by atoms with Gasteiger partial charge in [0.2, 0.25) is 0 Å². The van der Waals surface area contributed by atoms with Gasteiger partial charge in [0.1, 0.15) is 0 Å². The second-order valence-corrected chi connectivity index (χ2v) is 11.4. The van der Waals surface area contributed by atoms with E-state index in [4.69, 9.17) is 15.0 Å². The van der Waals surface area contributed by atoms with Gasteiger partial charge in [-0.15, -0.1) is 0 Å². The Morgan fingerprint density at radius 2 is 1.55 bits per heavy atom. The topological polar surface area (TPSA) is 37.6 Å². The minimum atomic E-state index is 0.107. The van der Waals surface area contributed by atoms with Crippen molar-refractivity contribution < 1.29 is 0 Å². The molecule has 0 bridgehead atoms. The molecule has 7 rings (SSSR count). The summed E-state index contributed by atoms with van der Waals surface area (Å²) in [5.74, 6) is 0.587. The Kier molecular flexibility index (Phi) is 7.56. The van der Waals surface area contributed by atoms with Crippen LogP contribution in [0.3, 0.4) is 0 Å². The van der Waals surface area contributed by atoms with Crippen LogP contribution in [0, 0.1) is 0 Å². The van der Waals surface area contributed by atoms with Crippen LogP contribution < -0.4 is 0 Å². The number of aromatic nitrogens is 1. The summed E-state index contributed by atoms with van der Waals surface area (Å²) in [7, 11) is 0. The average Bonchev–Trinajstić information content (AvgIpc) is 3.09. The molecule has 206 valence electrons. The van der Waals surface area contributed by atoms with Gasteiger partial charge in [-0.05, 0) is 96.0 Å². The summed E-state index contributed by atoms with van der Waals surface area (Å²) in [6.07, 6.45) is 30.3. The molecule has 0 saturated carbocycles. The molecule has 42 heavy (non-hydrogen) atoms. The molecular formula is C39H35N3. The van der Waals surface area contributed by atoms with E-state index in [0.29, 0.717) is 5.92 Å². The number of hydrogen-bond donors (Lipinski definition) is 0. The smallest absolute Gasteiger partial charge is 0.0783 e. The third-order valence-electron chi connectivity index (χ3n) is 8.49. The van der Waals surface area contributed by atoms with Crippen molar-refractivity contribution in [2.45, 2.75) is 43.6 Å². The van der Waals surface area contributed by atoms with Crippen LogP contribution in [0.4, 0.5) is 0 Å². The van der Waals surface area contributed by atoms with Crippen molar-refractivity contribution >= 4 is 17.5 Å². The summed E-state index contributed by atoms with van der Waals surface area (Å²) < 4.78 is 0. The molecule has 3 heterocycles. The van der Waals surface area contributed by atoms with Gasteiger partial charge < -0.3 is 0 Å². The number of benzene rings is 2. The number of dihydropyridines is 2. The van der Waals surface area contributed by atoms with Crippen LogP contribution in [0.15, 0.2) is 137 Å². The van der Waals surface area contributed by atoms with Gasteiger partial charge in [-0.2, -0.15) is 0 Å². The van der Waals surface area contributed by atoms with Crippen LogP contribution in [0.1, 0.15) is 71.6 Å². The van der Waals surface area contributed by atoms with E-state index < -0.39 is 0 Å². The van der Waals surface area contributed by atoms with Gasteiger partial charge in [0.05, 0.1) is 17.4 Å². The molecule has 2 aromatic carbocycles. The third kappa shape index (κ3) is 5.73. The maximum absolute atomic E-state index is 5.20. The zero-order chi connectivity index (χ0) is 28.1. The van der Waals surface area contributed by atoms with Crippen molar-refractivity contribution in [2.75, 3.05) is 6.54 Å². The quantitative estimate of drug-likeness (QED) is 0.304. The molecule has 3 aromatic rings. The van der Waals surface area contributed by atoms with Gasteiger partial charge in [-0.25, -0.2) is 0 Å². The molecule has 0 radical (unpaired) electrons. The van der Waals surface area contributed by atoms with E-state index in [1.165, 1.54) is 27.8 Å². The lowest BCUT2D eigenvalue weighted by Gasteiger charge is -2.20. The molecule has 3 atom stereocenters. The van der Waals surface area contributed by atoms with Crippen LogP contribution in [0.2, 0.25) is 0 Å². The summed E-state index contributed by atoms with van der Waals surface area (Å²) >= 11 is 0. The van der Waals surface area contributed by atoms with E-state index in [1.807, 2.05) is 12.3 Å². The van der Waals surface area contributed by atoms with E-state index in [9.17, 15) is 0 Å². The fourth-order valence-electron chi connectivity index (χ4n) is 6.15. The Hall–Kier alpha value is -4.63. The fraction of sp³-hybridized carbons (Fsp3) is 0.205. The first-order chi connectivity index (χ1) is 20.8. The number of rotatable bonds is 6. The first kappa shape index (κ1) is 26.3. The lowest BCUT2D eigenvalue weighted by molar-refractivity contribution is 0.741. The highest BCUT2D eigenvalue weighted by molar-refractivity contribution is 6.10. The van der Waals surface area contributed by atoms with Crippen molar-refractivity contribution in [3.63, 3.8) is 0 Å². The molecule has 2 aliphatic heterocycles. The molecule has 3 heteroatoms. The lowest BCUT2D eigenvalue weighted by Crippen LogP contribution is -2.11. The van der Waals surface area contributed by atoms with Gasteiger partial charge in [-0.3, -0.25) is 15.0 Å². The maximum atomic E-state index is 5.20. The van der Waals surface area contributed by atoms with Crippen LogP contribution in [0.25, 0.3) is 16.7 Å². The van der Waals surface area contributed by atoms with Crippen LogP contribution >= 0.6 is 0 Å². The Morgan fingerprint density at radius 3 is 2.31 bits per heavy atom. The zero-order valence-electron chi connectivity index (χ0n) is 23.8. The Morgan fingerprint density at radius 1 is 0.667 bits per heavy atom. The van der Waals surface area contributed by atoms with E-state index in [1.54, 1.807) is 0 Å². The zero-order valence-corrected chi connectivity index (χ0v) is 23.8. The molecule has 0 amide bonds. The minimum absolute atomic E-state index is 0.107. The number of allylic oxidation sites excluding steroid dienone is 10. The molecule has 0 spiro atoms. The monoisotopic (exact) mass is 545 g/mol. The SMILES string of the molecule is C1=CCC(c2cc(-c3cc(C4=NCC(c5ccccc5)C=C4)cc(C4CC=CC=N4)c3)cc(C3=CCCC=C3)n2)C=C1. The summed E-state index contributed by atoms with van der Waals surface area (Å²) in [4.78, 5) is 15.1. The Labute approximate surface area is 248 Å². The molecule has 1 aromatic heterocycles. The van der Waals surface area contributed by atoms with Gasteiger partial charge in [0.25, 0.3) is 0 Å². The Balaban J connectivity index is 1.31. The molecule has 3 nitrogen and oxygen atoms in total. The van der Waals surface area contributed by atoms with Crippen molar-refractivity contribution in [2.24, 2.45) is 9.98 Å². The first-order valence-corrected chi connectivity index (χ1v) is 15.1. The van der Waals surface area contributed by atoms with E-state index in [2.05, 4.69) is 121 Å². The number of aliphatic imine (C=N–C) groups is 2. The molecule has 0 N–H and O–H groups in total. The lowest BCUT2D eigenvalue weighted by atomic mass is 9.89. The summed E-state index contributed by atoms with van der Waals surface area (Å²) in [5.41, 5.74) is 10.5. The summed E-state index contributed by atoms with van der Waals surface area (Å²) in [5, 5.41) is 0. The second-order valence-electron chi connectivity index (χ2n) is 11.4. The molecular weight excluding hydrogens is 510 g/mol. The standard InChI is InChI=1S/C39H35N3/c1-4-12-28(13-5-1)31-19-20-37(41-27-31)35-23-32(22-34(24-35)36-18-10-11-21-40-36)33-25-38(29-14-6-2-7-15-29)42-39(26-33)30-16-8-3-9-17-30/h1-2,4-8,10-14,16-17,19-26,29,31,36H,3,9,15,18,27H2. The van der Waals surface area contributed by atoms with Crippen LogP contribution in [-0.2, 0) is 0 Å². The minimum Gasteiger partial charge on any atom is -0.285 e. The van der Waals surface area contributed by atoms with E-state index in [0.717, 1.165) is 54.9 Å². The maximum Gasteiger partial charge on any atom is 0.0783 e. The summed E-state index contributed by atoms with van der Waals surface area (Å²) in [6, 6.07) is 22.3. The predicted molar refractivity (Wildman–Crippen MR) is 176 cm³/mol. The second kappa shape index (κ2) is 12.1. The van der Waals surface area contributed by atoms with E-state index in [-0.39, 0.29) is 12.0 Å². The van der Waals surface area contributed by atoms with Crippen molar-refractivity contribution in [1.29, 1.82) is 0 Å². The molecule has 0 fully saturated rings. The van der Waals surface area contributed by atoms with E-state index >= 15 is 0 Å². The normalized spacial score (nSPS) is 22.7. The molecule has 0 saturated heterocycles.